The van der Waals surface area contributed by atoms with Gasteiger partial charge in [-0.1, -0.05) is 0 Å². The summed E-state index contributed by atoms with van der Waals surface area (Å²) < 4.78 is 47.7. The minimum Gasteiger partial charge on any atom is -0.385 e. The molecular formula is C6H5F4NO3. The molecule has 14 heavy (non-hydrogen) atoms. The topological polar surface area (TPSA) is 67.2 Å². The number of ether oxygens (including phenoxy) is 1. The van der Waals surface area contributed by atoms with Crippen molar-refractivity contribution in [2.24, 2.45) is 0 Å². The Kier molecular flexibility index (Phi) is 8.46. The van der Waals surface area contributed by atoms with E-state index in [0.29, 0.717) is 0 Å². The zero-order valence-corrected chi connectivity index (χ0v) is 6.84. The van der Waals surface area contributed by atoms with Crippen LogP contribution in [-0.2, 0) is 14.3 Å². The first-order valence-corrected chi connectivity index (χ1v) is 2.99. The number of halogens is 4. The molecule has 0 saturated heterocycles. The number of nitriles is 1. The second-order valence-corrected chi connectivity index (χ2v) is 1.57. The van der Waals surface area contributed by atoms with Gasteiger partial charge in [-0.2, -0.15) is 22.8 Å². The van der Waals surface area contributed by atoms with Crippen LogP contribution in [0.4, 0.5) is 17.6 Å². The smallest absolute Gasteiger partial charge is 0.381 e. The summed E-state index contributed by atoms with van der Waals surface area (Å²) in [6.07, 6.45) is -7.14. The molecule has 0 aliphatic heterocycles. The van der Waals surface area contributed by atoms with Gasteiger partial charge in [0.05, 0.1) is 6.07 Å². The number of hydrogen-bond acceptors (Lipinski definition) is 4. The van der Waals surface area contributed by atoms with Crippen molar-refractivity contribution in [3.05, 3.63) is 0 Å². The van der Waals surface area contributed by atoms with Gasteiger partial charge in [-0.3, -0.25) is 0 Å². The predicted molar refractivity (Wildman–Crippen MR) is 34.4 cm³/mol. The van der Waals surface area contributed by atoms with E-state index in [1.54, 1.807) is 6.07 Å². The van der Waals surface area contributed by atoms with Gasteiger partial charge in [0.1, 0.15) is 0 Å². The second kappa shape index (κ2) is 7.97. The quantitative estimate of drug-likeness (QED) is 0.393. The maximum absolute atomic E-state index is 11.2. The fourth-order valence-corrected chi connectivity index (χ4v) is 0.188. The van der Waals surface area contributed by atoms with E-state index in [1.165, 1.54) is 6.92 Å². The summed E-state index contributed by atoms with van der Waals surface area (Å²) in [6.45, 7) is 1.43. The van der Waals surface area contributed by atoms with Crippen LogP contribution in [0.5, 0.6) is 0 Å². The van der Waals surface area contributed by atoms with E-state index in [4.69, 9.17) is 5.26 Å². The van der Waals surface area contributed by atoms with Crippen LogP contribution in [0.15, 0.2) is 0 Å². The fourth-order valence-electron chi connectivity index (χ4n) is 0.188. The second-order valence-electron chi connectivity index (χ2n) is 1.57. The molecule has 0 radical (unpaired) electrons. The van der Waals surface area contributed by atoms with E-state index in [0.717, 1.165) is 0 Å². The largest absolute Gasteiger partial charge is 0.385 e. The van der Waals surface area contributed by atoms with Crippen molar-refractivity contribution in [1.29, 1.82) is 5.26 Å². The Morgan fingerprint density at radius 1 is 1.14 bits per heavy atom. The minimum absolute atomic E-state index is 1.43. The molecule has 0 amide bonds. The average Bonchev–Trinajstić information content (AvgIpc) is 2.05. The molecule has 0 heterocycles. The third-order valence-corrected chi connectivity index (χ3v) is 0.558. The molecule has 0 N–H and O–H groups in total. The van der Waals surface area contributed by atoms with E-state index in [1.807, 2.05) is 0 Å². The first-order chi connectivity index (χ1) is 6.36. The summed E-state index contributed by atoms with van der Waals surface area (Å²) >= 11 is 0. The number of carbonyl (C=O) groups is 2. The Labute approximate surface area is 76.1 Å². The lowest BCUT2D eigenvalue weighted by atomic mass is 10.7. The number of esters is 2. The lowest BCUT2D eigenvalue weighted by molar-refractivity contribution is -0.174. The summed E-state index contributed by atoms with van der Waals surface area (Å²) in [5, 5.41) is 7.32. The van der Waals surface area contributed by atoms with E-state index in [-0.39, 0.29) is 0 Å². The Bertz CT molecular complexity index is 218. The average molecular weight is 215 g/mol. The van der Waals surface area contributed by atoms with Crippen molar-refractivity contribution in [3.63, 3.8) is 0 Å². The van der Waals surface area contributed by atoms with Crippen LogP contribution < -0.4 is 0 Å². The third-order valence-electron chi connectivity index (χ3n) is 0.558. The van der Waals surface area contributed by atoms with Crippen molar-refractivity contribution in [1.82, 2.24) is 0 Å². The van der Waals surface area contributed by atoms with Gasteiger partial charge in [0.15, 0.2) is 0 Å². The molecular weight excluding hydrogens is 210 g/mol. The molecule has 0 aromatic carbocycles. The lowest BCUT2D eigenvalue weighted by Crippen LogP contribution is -2.23. The van der Waals surface area contributed by atoms with E-state index in [2.05, 4.69) is 4.74 Å². The van der Waals surface area contributed by atoms with Crippen LogP contribution in [0.2, 0.25) is 0 Å². The molecule has 0 aliphatic rings. The van der Waals surface area contributed by atoms with Crippen molar-refractivity contribution in [3.8, 4) is 6.07 Å². The van der Waals surface area contributed by atoms with Gasteiger partial charge >= 0.3 is 24.8 Å². The summed E-state index contributed by atoms with van der Waals surface area (Å²) in [4.78, 5) is 19.5. The number of nitrogens with zero attached hydrogens (tertiary/aromatic N) is 1. The third kappa shape index (κ3) is 8.45. The van der Waals surface area contributed by atoms with Crippen LogP contribution in [0.25, 0.3) is 0 Å². The van der Waals surface area contributed by atoms with Gasteiger partial charge in [-0.25, -0.2) is 9.59 Å². The molecule has 0 bridgehead atoms. The molecule has 0 spiro atoms. The van der Waals surface area contributed by atoms with Crippen molar-refractivity contribution >= 4 is 11.9 Å². The van der Waals surface area contributed by atoms with Gasteiger partial charge in [0.25, 0.3) is 0 Å². The van der Waals surface area contributed by atoms with Gasteiger partial charge in [-0.05, 0) is 0 Å². The molecule has 0 unspecified atom stereocenters. The highest BCUT2D eigenvalue weighted by Gasteiger charge is 2.26. The number of alkyl halides is 4. The van der Waals surface area contributed by atoms with E-state index in [9.17, 15) is 27.2 Å². The fraction of sp³-hybridized carbons (Fsp3) is 0.500. The van der Waals surface area contributed by atoms with Crippen LogP contribution in [0.3, 0.4) is 0 Å². The zero-order valence-electron chi connectivity index (χ0n) is 6.84. The van der Waals surface area contributed by atoms with Crippen molar-refractivity contribution in [2.75, 3.05) is 0 Å². The van der Waals surface area contributed by atoms with E-state index < -0.39 is 24.8 Å². The highest BCUT2D eigenvalue weighted by molar-refractivity contribution is 5.88. The van der Waals surface area contributed by atoms with Gasteiger partial charge in [-0.15, -0.1) is 0 Å². The first kappa shape index (κ1) is 14.9. The molecule has 0 aromatic rings. The first-order valence-electron chi connectivity index (χ1n) is 2.99. The summed E-state index contributed by atoms with van der Waals surface area (Å²) in [7, 11) is 0. The number of rotatable bonds is 2. The normalized spacial score (nSPS) is 8.71. The maximum atomic E-state index is 11.2. The van der Waals surface area contributed by atoms with Crippen molar-refractivity contribution < 1.29 is 31.9 Å². The standard InChI is InChI=1S/C4H2F4O3.C2H3N/c5-1(6)3(9)11-4(10)2(7)8;1-2-3/h1-2H;1H3. The highest BCUT2D eigenvalue weighted by Crippen LogP contribution is 2.00. The Hall–Kier alpha value is -1.65. The van der Waals surface area contributed by atoms with Crippen molar-refractivity contribution in [2.45, 2.75) is 19.8 Å². The molecule has 4 nitrogen and oxygen atoms in total. The molecule has 80 valence electrons. The molecule has 0 saturated carbocycles. The molecule has 0 rings (SSSR count). The highest BCUT2D eigenvalue weighted by atomic mass is 19.3. The van der Waals surface area contributed by atoms with Crippen LogP contribution in [0.1, 0.15) is 6.92 Å². The zero-order chi connectivity index (χ0) is 11.7. The Morgan fingerprint density at radius 2 is 1.36 bits per heavy atom. The van der Waals surface area contributed by atoms with Crippen LogP contribution in [0, 0.1) is 11.3 Å². The molecule has 0 aromatic heterocycles. The number of carbonyl (C=O) groups excluding carboxylic acids is 2. The molecule has 0 fully saturated rings. The molecule has 8 heteroatoms. The summed E-state index contributed by atoms with van der Waals surface area (Å²) in [5.74, 6) is -4.54. The summed E-state index contributed by atoms with van der Waals surface area (Å²) in [6, 6.07) is 1.75. The molecule has 0 atom stereocenters. The predicted octanol–water partition coefficient (Wildman–Crippen LogP) is 1.12. The Balaban J connectivity index is 0. The maximum Gasteiger partial charge on any atom is 0.381 e. The lowest BCUT2D eigenvalue weighted by Gasteiger charge is -1.99. The van der Waals surface area contributed by atoms with Crippen LogP contribution >= 0.6 is 0 Å². The minimum atomic E-state index is -3.57. The molecule has 0 aliphatic carbocycles. The van der Waals surface area contributed by atoms with Gasteiger partial charge in [0.2, 0.25) is 0 Å². The van der Waals surface area contributed by atoms with E-state index >= 15 is 0 Å². The van der Waals surface area contributed by atoms with Crippen LogP contribution in [-0.4, -0.2) is 24.8 Å². The van der Waals surface area contributed by atoms with Gasteiger partial charge in [0, 0.05) is 6.92 Å². The SMILES string of the molecule is CC#N.O=C(OC(=O)C(F)F)C(F)F. The monoisotopic (exact) mass is 215 g/mol. The van der Waals surface area contributed by atoms with Gasteiger partial charge < -0.3 is 4.74 Å². The number of hydrogen-bond donors (Lipinski definition) is 0. The Morgan fingerprint density at radius 3 is 1.50 bits per heavy atom. The summed E-state index contributed by atoms with van der Waals surface area (Å²) in [5.41, 5.74) is 0.